The Labute approximate surface area is 97.7 Å². The lowest BCUT2D eigenvalue weighted by atomic mass is 10.2. The number of hydrogen-bond acceptors (Lipinski definition) is 4. The van der Waals surface area contributed by atoms with Gasteiger partial charge in [0, 0.05) is 26.2 Å². The fourth-order valence-corrected chi connectivity index (χ4v) is 1.83. The zero-order valence-corrected chi connectivity index (χ0v) is 9.61. The topological polar surface area (TPSA) is 65.1 Å². The summed E-state index contributed by atoms with van der Waals surface area (Å²) in [4.78, 5) is 3.25. The number of nitrogens with two attached hydrogens (primary N) is 1. The largest absolute Gasteiger partial charge is 0.409 e. The minimum Gasteiger partial charge on any atom is -0.409 e. The molecule has 1 heterocycles. The van der Waals surface area contributed by atoms with Crippen molar-refractivity contribution in [3.63, 3.8) is 0 Å². The Kier molecular flexibility index (Phi) is 4.58. The summed E-state index contributed by atoms with van der Waals surface area (Å²) in [5.41, 5.74) is 5.45. The number of amidine groups is 1. The molecule has 1 saturated heterocycles. The van der Waals surface area contributed by atoms with E-state index in [-0.39, 0.29) is 11.9 Å². The molecule has 8 heteroatoms. The van der Waals surface area contributed by atoms with Crippen molar-refractivity contribution in [1.29, 1.82) is 0 Å². The summed E-state index contributed by atoms with van der Waals surface area (Å²) in [6.07, 6.45) is -4.15. The normalized spacial score (nSPS) is 22.7. The van der Waals surface area contributed by atoms with Gasteiger partial charge in [-0.3, -0.25) is 9.80 Å². The molecule has 3 N–H and O–H groups in total. The van der Waals surface area contributed by atoms with Crippen LogP contribution in [0.1, 0.15) is 6.92 Å². The SMILES string of the molecule is CC(C(N)=NO)N1CCN(CC(F)(F)F)CC1. The van der Waals surface area contributed by atoms with E-state index in [1.54, 1.807) is 6.92 Å². The second-order valence-corrected chi connectivity index (χ2v) is 4.13. The average Bonchev–Trinajstić information content (AvgIpc) is 2.26. The summed E-state index contributed by atoms with van der Waals surface area (Å²) in [6, 6.07) is -0.256. The summed E-state index contributed by atoms with van der Waals surface area (Å²) < 4.78 is 36.5. The molecule has 0 saturated carbocycles. The van der Waals surface area contributed by atoms with Gasteiger partial charge in [-0.25, -0.2) is 0 Å². The molecule has 1 aliphatic rings. The summed E-state index contributed by atoms with van der Waals surface area (Å²) in [7, 11) is 0. The molecule has 0 bridgehead atoms. The Morgan fingerprint density at radius 3 is 2.29 bits per heavy atom. The van der Waals surface area contributed by atoms with Gasteiger partial charge in [0.25, 0.3) is 0 Å². The zero-order valence-electron chi connectivity index (χ0n) is 9.61. The van der Waals surface area contributed by atoms with Crippen molar-refractivity contribution < 1.29 is 18.4 Å². The number of halogens is 3. The van der Waals surface area contributed by atoms with Crippen LogP contribution in [0.15, 0.2) is 5.16 Å². The lowest BCUT2D eigenvalue weighted by molar-refractivity contribution is -0.149. The Morgan fingerprint density at radius 1 is 1.35 bits per heavy atom. The quantitative estimate of drug-likeness (QED) is 0.329. The Hall–Kier alpha value is -1.02. The van der Waals surface area contributed by atoms with Crippen LogP contribution in [0.3, 0.4) is 0 Å². The van der Waals surface area contributed by atoms with Crippen molar-refractivity contribution in [3.05, 3.63) is 0 Å². The van der Waals surface area contributed by atoms with Gasteiger partial charge in [-0.1, -0.05) is 5.16 Å². The number of oxime groups is 1. The second kappa shape index (κ2) is 5.54. The smallest absolute Gasteiger partial charge is 0.401 e. The predicted molar refractivity (Wildman–Crippen MR) is 56.9 cm³/mol. The van der Waals surface area contributed by atoms with Gasteiger partial charge in [0.15, 0.2) is 5.84 Å². The summed E-state index contributed by atoms with van der Waals surface area (Å²) in [5.74, 6) is 0.0780. The lowest BCUT2D eigenvalue weighted by Crippen LogP contribution is -2.54. The van der Waals surface area contributed by atoms with E-state index in [9.17, 15) is 13.2 Å². The molecule has 5 nitrogen and oxygen atoms in total. The van der Waals surface area contributed by atoms with Crippen LogP contribution in [-0.2, 0) is 0 Å². The van der Waals surface area contributed by atoms with Gasteiger partial charge in [0.05, 0.1) is 12.6 Å². The fraction of sp³-hybridized carbons (Fsp3) is 0.889. The molecule has 1 fully saturated rings. The highest BCUT2D eigenvalue weighted by atomic mass is 19.4. The van der Waals surface area contributed by atoms with Crippen LogP contribution in [0.25, 0.3) is 0 Å². The molecule has 0 amide bonds. The molecule has 17 heavy (non-hydrogen) atoms. The minimum absolute atomic E-state index is 0.0780. The Bertz CT molecular complexity index is 274. The molecule has 100 valence electrons. The van der Waals surface area contributed by atoms with Gasteiger partial charge >= 0.3 is 6.18 Å². The van der Waals surface area contributed by atoms with Crippen LogP contribution in [0.5, 0.6) is 0 Å². The van der Waals surface area contributed by atoms with Gasteiger partial charge in [-0.2, -0.15) is 13.2 Å². The number of nitrogens with zero attached hydrogens (tertiary/aromatic N) is 3. The highest BCUT2D eigenvalue weighted by Crippen LogP contribution is 2.17. The van der Waals surface area contributed by atoms with E-state index in [1.165, 1.54) is 4.90 Å². The third kappa shape index (κ3) is 4.39. The number of alkyl halides is 3. The highest BCUT2D eigenvalue weighted by molar-refractivity contribution is 5.84. The lowest BCUT2D eigenvalue weighted by Gasteiger charge is -2.37. The van der Waals surface area contributed by atoms with Gasteiger partial charge in [0.2, 0.25) is 0 Å². The number of hydrogen-bond donors (Lipinski definition) is 2. The van der Waals surface area contributed by atoms with Gasteiger partial charge < -0.3 is 10.9 Å². The van der Waals surface area contributed by atoms with E-state index in [0.29, 0.717) is 26.2 Å². The standard InChI is InChI=1S/C9H17F3N4O/c1-7(8(13)14-17)16-4-2-15(3-5-16)6-9(10,11)12/h7,17H,2-6H2,1H3,(H2,13,14). The van der Waals surface area contributed by atoms with Gasteiger partial charge in [0.1, 0.15) is 0 Å². The van der Waals surface area contributed by atoms with E-state index < -0.39 is 12.7 Å². The molecule has 1 rings (SSSR count). The second-order valence-electron chi connectivity index (χ2n) is 4.13. The molecule has 0 spiro atoms. The third-order valence-corrected chi connectivity index (χ3v) is 2.90. The van der Waals surface area contributed by atoms with E-state index in [4.69, 9.17) is 10.9 Å². The highest BCUT2D eigenvalue weighted by Gasteiger charge is 2.33. The van der Waals surface area contributed by atoms with Crippen molar-refractivity contribution in [1.82, 2.24) is 9.80 Å². The van der Waals surface area contributed by atoms with Crippen LogP contribution in [0.4, 0.5) is 13.2 Å². The van der Waals surface area contributed by atoms with E-state index >= 15 is 0 Å². The van der Waals surface area contributed by atoms with Crippen LogP contribution >= 0.6 is 0 Å². The first-order chi connectivity index (χ1) is 7.83. The van der Waals surface area contributed by atoms with Crippen molar-refractivity contribution in [2.75, 3.05) is 32.7 Å². The van der Waals surface area contributed by atoms with E-state index in [2.05, 4.69) is 5.16 Å². The van der Waals surface area contributed by atoms with E-state index in [0.717, 1.165) is 0 Å². The predicted octanol–water partition coefficient (Wildman–Crippen LogP) is 0.301. The fourth-order valence-electron chi connectivity index (χ4n) is 1.83. The van der Waals surface area contributed by atoms with Crippen LogP contribution in [0, 0.1) is 0 Å². The molecule has 0 aliphatic carbocycles. The molecular weight excluding hydrogens is 237 g/mol. The maximum absolute atomic E-state index is 12.2. The minimum atomic E-state index is -4.15. The molecule has 0 radical (unpaired) electrons. The van der Waals surface area contributed by atoms with Crippen molar-refractivity contribution in [2.24, 2.45) is 10.9 Å². The first-order valence-electron chi connectivity index (χ1n) is 5.34. The molecule has 0 aromatic heterocycles. The molecule has 0 aromatic carbocycles. The first kappa shape index (κ1) is 14.0. The van der Waals surface area contributed by atoms with Crippen LogP contribution in [-0.4, -0.2) is 65.8 Å². The molecule has 1 unspecified atom stereocenters. The molecule has 1 atom stereocenters. The number of rotatable bonds is 3. The Morgan fingerprint density at radius 2 is 1.88 bits per heavy atom. The first-order valence-corrected chi connectivity index (χ1v) is 5.34. The average molecular weight is 254 g/mol. The molecule has 0 aromatic rings. The summed E-state index contributed by atoms with van der Waals surface area (Å²) in [5, 5.41) is 11.4. The summed E-state index contributed by atoms with van der Waals surface area (Å²) >= 11 is 0. The van der Waals surface area contributed by atoms with Crippen LogP contribution in [0.2, 0.25) is 0 Å². The monoisotopic (exact) mass is 254 g/mol. The maximum Gasteiger partial charge on any atom is 0.401 e. The zero-order chi connectivity index (χ0) is 13.1. The molecular formula is C9H17F3N4O. The van der Waals surface area contributed by atoms with Crippen LogP contribution < -0.4 is 5.73 Å². The maximum atomic E-state index is 12.2. The Balaban J connectivity index is 2.41. The van der Waals surface area contributed by atoms with Gasteiger partial charge in [-0.15, -0.1) is 0 Å². The molecule has 1 aliphatic heterocycles. The number of piperazine rings is 1. The third-order valence-electron chi connectivity index (χ3n) is 2.90. The summed E-state index contributed by atoms with van der Waals surface area (Å²) in [6.45, 7) is 2.51. The van der Waals surface area contributed by atoms with Gasteiger partial charge in [-0.05, 0) is 6.92 Å². The van der Waals surface area contributed by atoms with Crippen molar-refractivity contribution in [3.8, 4) is 0 Å². The van der Waals surface area contributed by atoms with Crippen molar-refractivity contribution in [2.45, 2.75) is 19.1 Å². The van der Waals surface area contributed by atoms with Crippen molar-refractivity contribution >= 4 is 5.84 Å². The van der Waals surface area contributed by atoms with E-state index in [1.807, 2.05) is 4.90 Å².